The van der Waals surface area contributed by atoms with Gasteiger partial charge in [0.2, 0.25) is 0 Å². The number of nitrogens with one attached hydrogen (secondary N) is 1. The predicted octanol–water partition coefficient (Wildman–Crippen LogP) is 3.00. The van der Waals surface area contributed by atoms with Gasteiger partial charge in [0.05, 0.1) is 6.61 Å². The molecule has 1 atom stereocenters. The van der Waals surface area contributed by atoms with Crippen LogP contribution in [0.25, 0.3) is 0 Å². The van der Waals surface area contributed by atoms with Crippen molar-refractivity contribution >= 4 is 17.4 Å². The number of methoxy groups -OCH3 is 1. The molecule has 0 spiro atoms. The predicted molar refractivity (Wildman–Crippen MR) is 90.9 cm³/mol. The van der Waals surface area contributed by atoms with Crippen LogP contribution in [0.15, 0.2) is 24.3 Å². The number of hydrogen-bond donors (Lipinski definition) is 1. The van der Waals surface area contributed by atoms with E-state index in [9.17, 15) is 0 Å². The van der Waals surface area contributed by atoms with E-state index in [2.05, 4.69) is 54.7 Å². The van der Waals surface area contributed by atoms with Gasteiger partial charge >= 0.3 is 0 Å². The molecule has 0 aromatic heterocycles. The first kappa shape index (κ1) is 17.3. The molecular weight excluding hydrogens is 268 g/mol. The van der Waals surface area contributed by atoms with Gasteiger partial charge in [-0.3, -0.25) is 0 Å². The van der Waals surface area contributed by atoms with Crippen molar-refractivity contribution in [3.63, 3.8) is 0 Å². The first-order valence-corrected chi connectivity index (χ1v) is 8.58. The summed E-state index contributed by atoms with van der Waals surface area (Å²) in [4.78, 5) is 2.36. The van der Waals surface area contributed by atoms with Gasteiger partial charge in [-0.25, -0.2) is 0 Å². The summed E-state index contributed by atoms with van der Waals surface area (Å²) in [6.45, 7) is 4.84. The zero-order valence-electron chi connectivity index (χ0n) is 13.2. The van der Waals surface area contributed by atoms with Gasteiger partial charge < -0.3 is 15.0 Å². The minimum Gasteiger partial charge on any atom is -0.383 e. The number of nitrogens with zero attached hydrogens (tertiary/aromatic N) is 1. The third-order valence-electron chi connectivity index (χ3n) is 3.56. The van der Waals surface area contributed by atoms with Crippen LogP contribution in [0.3, 0.4) is 0 Å². The highest BCUT2D eigenvalue weighted by Gasteiger charge is 2.09. The number of hydrogen-bond acceptors (Lipinski definition) is 4. The molecule has 1 aromatic rings. The summed E-state index contributed by atoms with van der Waals surface area (Å²) < 4.78 is 5.02. The van der Waals surface area contributed by atoms with Gasteiger partial charge in [0, 0.05) is 39.0 Å². The Morgan fingerprint density at radius 2 is 2.00 bits per heavy atom. The van der Waals surface area contributed by atoms with Crippen molar-refractivity contribution in [2.24, 2.45) is 0 Å². The molecule has 0 aliphatic carbocycles. The highest BCUT2D eigenvalue weighted by molar-refractivity contribution is 7.98. The van der Waals surface area contributed by atoms with Gasteiger partial charge in [0.1, 0.15) is 0 Å². The average Bonchev–Trinajstić information content (AvgIpc) is 2.49. The quantitative estimate of drug-likeness (QED) is 0.671. The maximum absolute atomic E-state index is 5.02. The number of anilines is 1. The third-order valence-corrected chi connectivity index (χ3v) is 4.20. The molecule has 20 heavy (non-hydrogen) atoms. The Morgan fingerprint density at radius 3 is 2.60 bits per heavy atom. The summed E-state index contributed by atoms with van der Waals surface area (Å²) in [5, 5.41) is 3.36. The molecule has 0 saturated heterocycles. The van der Waals surface area contributed by atoms with E-state index in [0.717, 1.165) is 19.7 Å². The van der Waals surface area contributed by atoms with Gasteiger partial charge in [-0.15, -0.1) is 0 Å². The first-order chi connectivity index (χ1) is 9.69. The van der Waals surface area contributed by atoms with E-state index in [0.29, 0.717) is 6.04 Å². The topological polar surface area (TPSA) is 24.5 Å². The number of rotatable bonds is 10. The normalized spacial score (nSPS) is 12.4. The summed E-state index contributed by atoms with van der Waals surface area (Å²) >= 11 is 1.91. The second-order valence-corrected chi connectivity index (χ2v) is 6.06. The summed E-state index contributed by atoms with van der Waals surface area (Å²) in [6, 6.07) is 9.40. The lowest BCUT2D eigenvalue weighted by Gasteiger charge is -2.27. The molecular formula is C16H28N2OS. The minimum atomic E-state index is 0.577. The zero-order valence-corrected chi connectivity index (χ0v) is 14.0. The fourth-order valence-corrected chi connectivity index (χ4v) is 2.57. The van der Waals surface area contributed by atoms with Crippen LogP contribution in [-0.2, 0) is 11.3 Å². The van der Waals surface area contributed by atoms with E-state index in [4.69, 9.17) is 4.74 Å². The molecule has 1 rings (SSSR count). The van der Waals surface area contributed by atoms with Crippen LogP contribution in [0.2, 0.25) is 0 Å². The van der Waals surface area contributed by atoms with E-state index >= 15 is 0 Å². The first-order valence-electron chi connectivity index (χ1n) is 7.19. The highest BCUT2D eigenvalue weighted by Crippen LogP contribution is 2.18. The lowest BCUT2D eigenvalue weighted by atomic mass is 10.1. The second-order valence-electron chi connectivity index (χ2n) is 5.08. The molecule has 1 N–H and O–H groups in total. The molecule has 114 valence electrons. The Morgan fingerprint density at radius 1 is 1.30 bits per heavy atom. The molecule has 0 radical (unpaired) electrons. The zero-order chi connectivity index (χ0) is 14.8. The second kappa shape index (κ2) is 10.1. The van der Waals surface area contributed by atoms with Crippen LogP contribution in [0.5, 0.6) is 0 Å². The number of thioether (sulfide) groups is 1. The maximum atomic E-state index is 5.02. The maximum Gasteiger partial charge on any atom is 0.0587 e. The van der Waals surface area contributed by atoms with Crippen molar-refractivity contribution in [3.05, 3.63) is 29.8 Å². The average molecular weight is 296 g/mol. The van der Waals surface area contributed by atoms with Crippen LogP contribution < -0.4 is 10.2 Å². The van der Waals surface area contributed by atoms with E-state index in [1.54, 1.807) is 7.11 Å². The number of ether oxygens (including phenoxy) is 1. The molecule has 0 aliphatic rings. The molecule has 4 heteroatoms. The standard InChI is InChI=1S/C16H28N2OS/c1-14(9-12-20-4)18(2)16-7-5-15(6-8-16)13-17-10-11-19-3/h5-8,14,17H,9-13H2,1-4H3. The van der Waals surface area contributed by atoms with Crippen LogP contribution >= 0.6 is 11.8 Å². The molecule has 0 bridgehead atoms. The molecule has 3 nitrogen and oxygen atoms in total. The third kappa shape index (κ3) is 6.16. The largest absolute Gasteiger partial charge is 0.383 e. The van der Waals surface area contributed by atoms with Crippen LogP contribution in [-0.4, -0.2) is 45.4 Å². The minimum absolute atomic E-state index is 0.577. The lowest BCUT2D eigenvalue weighted by Crippen LogP contribution is -2.29. The molecule has 0 aliphatic heterocycles. The molecule has 1 aromatic carbocycles. The van der Waals surface area contributed by atoms with Crippen molar-refractivity contribution in [1.82, 2.24) is 5.32 Å². The lowest BCUT2D eigenvalue weighted by molar-refractivity contribution is 0.199. The van der Waals surface area contributed by atoms with E-state index in [-0.39, 0.29) is 0 Å². The van der Waals surface area contributed by atoms with Crippen LogP contribution in [0.1, 0.15) is 18.9 Å². The van der Waals surface area contributed by atoms with Crippen LogP contribution in [0.4, 0.5) is 5.69 Å². The Kier molecular flexibility index (Phi) is 8.74. The van der Waals surface area contributed by atoms with Crippen molar-refractivity contribution in [1.29, 1.82) is 0 Å². The van der Waals surface area contributed by atoms with E-state index in [1.807, 2.05) is 11.8 Å². The monoisotopic (exact) mass is 296 g/mol. The highest BCUT2D eigenvalue weighted by atomic mass is 32.2. The van der Waals surface area contributed by atoms with Crippen molar-refractivity contribution in [3.8, 4) is 0 Å². The van der Waals surface area contributed by atoms with Gasteiger partial charge in [0.25, 0.3) is 0 Å². The fraction of sp³-hybridized carbons (Fsp3) is 0.625. The van der Waals surface area contributed by atoms with Crippen molar-refractivity contribution in [2.75, 3.05) is 44.2 Å². The van der Waals surface area contributed by atoms with Crippen molar-refractivity contribution < 1.29 is 4.74 Å². The summed E-state index contributed by atoms with van der Waals surface area (Å²) in [5.41, 5.74) is 2.61. The Bertz CT molecular complexity index is 356. The van der Waals surface area contributed by atoms with Gasteiger partial charge in [-0.05, 0) is 43.0 Å². The summed E-state index contributed by atoms with van der Waals surface area (Å²) in [5.74, 6) is 1.22. The van der Waals surface area contributed by atoms with E-state index < -0.39 is 0 Å². The molecule has 0 fully saturated rings. The molecule has 0 saturated carbocycles. The molecule has 0 heterocycles. The molecule has 1 unspecified atom stereocenters. The van der Waals surface area contributed by atoms with Gasteiger partial charge in [-0.1, -0.05) is 12.1 Å². The van der Waals surface area contributed by atoms with Gasteiger partial charge in [-0.2, -0.15) is 11.8 Å². The molecule has 0 amide bonds. The summed E-state index contributed by atoms with van der Waals surface area (Å²) in [7, 11) is 3.90. The summed E-state index contributed by atoms with van der Waals surface area (Å²) in [6.07, 6.45) is 3.39. The van der Waals surface area contributed by atoms with E-state index in [1.165, 1.54) is 23.4 Å². The Balaban J connectivity index is 2.44. The fourth-order valence-electron chi connectivity index (χ4n) is 1.99. The smallest absolute Gasteiger partial charge is 0.0587 e. The Hall–Kier alpha value is -0.710. The SMILES string of the molecule is COCCNCc1ccc(N(C)C(C)CCSC)cc1. The van der Waals surface area contributed by atoms with Crippen LogP contribution in [0, 0.1) is 0 Å². The Labute approximate surface area is 128 Å². The van der Waals surface area contributed by atoms with Crippen molar-refractivity contribution in [2.45, 2.75) is 25.9 Å². The van der Waals surface area contributed by atoms with Gasteiger partial charge in [0.15, 0.2) is 0 Å². The number of benzene rings is 1.